The second kappa shape index (κ2) is 4.73. The zero-order valence-corrected chi connectivity index (χ0v) is 8.84. The van der Waals surface area contributed by atoms with Crippen LogP contribution in [0.2, 0.25) is 0 Å². The number of aromatic nitrogens is 2. The molecule has 1 rings (SSSR count). The van der Waals surface area contributed by atoms with E-state index in [1.165, 1.54) is 20.2 Å². The van der Waals surface area contributed by atoms with Crippen LogP contribution in [-0.4, -0.2) is 21.7 Å². The molecule has 7 heteroatoms. The first-order valence-electron chi connectivity index (χ1n) is 4.57. The van der Waals surface area contributed by atoms with Crippen LogP contribution in [0.25, 0.3) is 0 Å². The van der Waals surface area contributed by atoms with Gasteiger partial charge in [-0.2, -0.15) is 0 Å². The second-order valence-corrected chi connectivity index (χ2v) is 3.01. The Hall–Kier alpha value is -1.92. The number of esters is 1. The van der Waals surface area contributed by atoms with Crippen LogP contribution >= 0.6 is 0 Å². The third-order valence-electron chi connectivity index (χ3n) is 1.91. The number of hydrogen-bond acceptors (Lipinski definition) is 4. The Balaban J connectivity index is 3.16. The van der Waals surface area contributed by atoms with Crippen molar-refractivity contribution in [2.75, 3.05) is 6.61 Å². The third-order valence-corrected chi connectivity index (χ3v) is 1.91. The molecule has 1 aromatic heterocycles. The summed E-state index contributed by atoms with van der Waals surface area (Å²) >= 11 is 0. The van der Waals surface area contributed by atoms with Gasteiger partial charge in [0, 0.05) is 19.4 Å². The highest BCUT2D eigenvalue weighted by Crippen LogP contribution is 2.06. The maximum Gasteiger partial charge on any atom is 0.362 e. The highest BCUT2D eigenvalue weighted by molar-refractivity contribution is 5.72. The number of nitrogens with zero attached hydrogens (tertiary/aromatic N) is 2. The molecule has 0 saturated heterocycles. The SMILES string of the molecule is CCOC(=O)C(F)n1ccn(C)c(=O)c1=O. The van der Waals surface area contributed by atoms with Gasteiger partial charge in [0.2, 0.25) is 0 Å². The lowest BCUT2D eigenvalue weighted by molar-refractivity contribution is -0.153. The van der Waals surface area contributed by atoms with Crippen molar-refractivity contribution in [2.24, 2.45) is 7.05 Å². The number of carbonyl (C=O) groups excluding carboxylic acids is 1. The molecule has 0 N–H and O–H groups in total. The van der Waals surface area contributed by atoms with Crippen molar-refractivity contribution < 1.29 is 13.9 Å². The van der Waals surface area contributed by atoms with Gasteiger partial charge in [0.1, 0.15) is 0 Å². The van der Waals surface area contributed by atoms with Crippen molar-refractivity contribution in [1.29, 1.82) is 0 Å². The van der Waals surface area contributed by atoms with E-state index in [0.717, 1.165) is 10.8 Å². The lowest BCUT2D eigenvalue weighted by Gasteiger charge is -2.10. The molecular formula is C9H11FN2O4. The van der Waals surface area contributed by atoms with Crippen LogP contribution in [0.15, 0.2) is 22.0 Å². The molecule has 0 aliphatic rings. The third kappa shape index (κ3) is 2.18. The predicted molar refractivity (Wildman–Crippen MR) is 52.7 cm³/mol. The minimum absolute atomic E-state index is 0.00114. The van der Waals surface area contributed by atoms with Gasteiger partial charge in [-0.1, -0.05) is 0 Å². The fourth-order valence-corrected chi connectivity index (χ4v) is 1.07. The number of hydrogen-bond donors (Lipinski definition) is 0. The van der Waals surface area contributed by atoms with Crippen LogP contribution in [-0.2, 0) is 16.6 Å². The minimum Gasteiger partial charge on any atom is -0.462 e. The Bertz CT molecular complexity index is 505. The van der Waals surface area contributed by atoms with Gasteiger partial charge >= 0.3 is 17.1 Å². The molecule has 6 nitrogen and oxygen atoms in total. The standard InChI is InChI=1S/C9H11FN2O4/c1-3-16-9(15)6(10)12-5-4-11(2)7(13)8(12)14/h4-6H,3H2,1-2H3. The topological polar surface area (TPSA) is 70.3 Å². The average molecular weight is 230 g/mol. The molecule has 1 atom stereocenters. The number of carbonyl (C=O) groups is 1. The van der Waals surface area contributed by atoms with E-state index in [0.29, 0.717) is 4.57 Å². The van der Waals surface area contributed by atoms with Gasteiger partial charge in [-0.3, -0.25) is 14.2 Å². The van der Waals surface area contributed by atoms with Crippen molar-refractivity contribution >= 4 is 5.97 Å². The Morgan fingerprint density at radius 1 is 1.44 bits per heavy atom. The zero-order valence-electron chi connectivity index (χ0n) is 8.84. The first-order chi connectivity index (χ1) is 7.49. The summed E-state index contributed by atoms with van der Waals surface area (Å²) in [6.45, 7) is 1.51. The van der Waals surface area contributed by atoms with Crippen LogP contribution in [0.3, 0.4) is 0 Å². The molecule has 0 aliphatic heterocycles. The summed E-state index contributed by atoms with van der Waals surface area (Å²) in [7, 11) is 1.35. The molecule has 0 aliphatic carbocycles. The lowest BCUT2D eigenvalue weighted by Crippen LogP contribution is -2.42. The summed E-state index contributed by atoms with van der Waals surface area (Å²) in [6, 6.07) is 0. The van der Waals surface area contributed by atoms with E-state index >= 15 is 0 Å². The van der Waals surface area contributed by atoms with Crippen molar-refractivity contribution in [3.8, 4) is 0 Å². The maximum absolute atomic E-state index is 13.4. The van der Waals surface area contributed by atoms with Crippen LogP contribution in [0.5, 0.6) is 0 Å². The minimum atomic E-state index is -2.29. The summed E-state index contributed by atoms with van der Waals surface area (Å²) in [6.07, 6.45) is -0.0812. The fraction of sp³-hybridized carbons (Fsp3) is 0.444. The molecule has 0 spiro atoms. The van der Waals surface area contributed by atoms with Gasteiger partial charge in [0.15, 0.2) is 0 Å². The van der Waals surface area contributed by atoms with Gasteiger partial charge in [0.25, 0.3) is 6.30 Å². The normalized spacial score (nSPS) is 12.2. The predicted octanol–water partition coefficient (Wildman–Crippen LogP) is -0.422. The highest BCUT2D eigenvalue weighted by Gasteiger charge is 2.22. The van der Waals surface area contributed by atoms with Crippen molar-refractivity contribution in [2.45, 2.75) is 13.2 Å². The number of halogens is 1. The average Bonchev–Trinajstić information content (AvgIpc) is 2.26. The van der Waals surface area contributed by atoms with Crippen molar-refractivity contribution in [3.05, 3.63) is 33.1 Å². The van der Waals surface area contributed by atoms with Gasteiger partial charge in [-0.25, -0.2) is 9.18 Å². The summed E-state index contributed by atoms with van der Waals surface area (Å²) in [5, 5.41) is 0. The van der Waals surface area contributed by atoms with E-state index in [-0.39, 0.29) is 6.61 Å². The molecule has 1 unspecified atom stereocenters. The molecule has 1 aromatic rings. The monoisotopic (exact) mass is 230 g/mol. The second-order valence-electron chi connectivity index (χ2n) is 3.01. The van der Waals surface area contributed by atoms with Gasteiger partial charge in [0.05, 0.1) is 6.61 Å². The molecule has 0 radical (unpaired) electrons. The van der Waals surface area contributed by atoms with E-state index in [2.05, 4.69) is 4.74 Å². The van der Waals surface area contributed by atoms with E-state index in [9.17, 15) is 18.8 Å². The number of alkyl halides is 1. The Kier molecular flexibility index (Phi) is 3.60. The van der Waals surface area contributed by atoms with Gasteiger partial charge in [-0.15, -0.1) is 0 Å². The number of rotatable bonds is 3. The summed E-state index contributed by atoms with van der Waals surface area (Å²) in [4.78, 5) is 33.5. The quantitative estimate of drug-likeness (QED) is 0.522. The summed E-state index contributed by atoms with van der Waals surface area (Å²) in [5.74, 6) is -1.20. The fourth-order valence-electron chi connectivity index (χ4n) is 1.07. The van der Waals surface area contributed by atoms with E-state index < -0.39 is 23.4 Å². The number of aryl methyl sites for hydroxylation is 1. The molecular weight excluding hydrogens is 219 g/mol. The Labute approximate surface area is 89.9 Å². The highest BCUT2D eigenvalue weighted by atomic mass is 19.1. The van der Waals surface area contributed by atoms with E-state index in [1.54, 1.807) is 0 Å². The Morgan fingerprint density at radius 3 is 2.62 bits per heavy atom. The molecule has 88 valence electrons. The van der Waals surface area contributed by atoms with Crippen LogP contribution < -0.4 is 11.1 Å². The van der Waals surface area contributed by atoms with Crippen molar-refractivity contribution in [3.63, 3.8) is 0 Å². The van der Waals surface area contributed by atoms with Crippen LogP contribution in [0.1, 0.15) is 13.2 Å². The van der Waals surface area contributed by atoms with Crippen LogP contribution in [0, 0.1) is 0 Å². The van der Waals surface area contributed by atoms with E-state index in [4.69, 9.17) is 0 Å². The molecule has 0 aromatic carbocycles. The summed E-state index contributed by atoms with van der Waals surface area (Å²) in [5.41, 5.74) is -2.01. The molecule has 0 fully saturated rings. The maximum atomic E-state index is 13.4. The first kappa shape index (κ1) is 12.2. The Morgan fingerprint density at radius 2 is 2.06 bits per heavy atom. The lowest BCUT2D eigenvalue weighted by atomic mass is 10.5. The van der Waals surface area contributed by atoms with E-state index in [1.807, 2.05) is 0 Å². The smallest absolute Gasteiger partial charge is 0.362 e. The van der Waals surface area contributed by atoms with Crippen molar-refractivity contribution in [1.82, 2.24) is 9.13 Å². The zero-order chi connectivity index (χ0) is 12.3. The van der Waals surface area contributed by atoms with Gasteiger partial charge in [-0.05, 0) is 6.92 Å². The summed E-state index contributed by atoms with van der Waals surface area (Å²) < 4.78 is 19.2. The molecule has 0 bridgehead atoms. The number of ether oxygens (including phenoxy) is 1. The van der Waals surface area contributed by atoms with Gasteiger partial charge < -0.3 is 9.30 Å². The first-order valence-corrected chi connectivity index (χ1v) is 4.57. The molecule has 1 heterocycles. The molecule has 16 heavy (non-hydrogen) atoms. The largest absolute Gasteiger partial charge is 0.462 e. The molecule has 0 amide bonds. The molecule has 0 saturated carbocycles. The van der Waals surface area contributed by atoms with Crippen LogP contribution in [0.4, 0.5) is 4.39 Å².